The zero-order chi connectivity index (χ0) is 13.2. The van der Waals surface area contributed by atoms with E-state index in [9.17, 15) is 8.78 Å². The molecule has 2 aliphatic heterocycles. The Bertz CT molecular complexity index is 447. The first kappa shape index (κ1) is 12.8. The van der Waals surface area contributed by atoms with Gasteiger partial charge in [-0.15, -0.1) is 0 Å². The van der Waals surface area contributed by atoms with Crippen LogP contribution in [0.2, 0.25) is 0 Å². The van der Waals surface area contributed by atoms with Gasteiger partial charge in [0, 0.05) is 32.6 Å². The van der Waals surface area contributed by atoms with Gasteiger partial charge in [-0.25, -0.2) is 8.78 Å². The Kier molecular flexibility index (Phi) is 3.66. The summed E-state index contributed by atoms with van der Waals surface area (Å²) in [7, 11) is 0. The molecule has 1 atom stereocenters. The monoisotopic (exact) mass is 268 g/mol. The van der Waals surface area contributed by atoms with Gasteiger partial charge >= 0.3 is 0 Å². The number of halogens is 2. The fraction of sp³-hybridized carbons (Fsp3) is 0.571. The molecule has 0 aromatic heterocycles. The molecule has 3 rings (SSSR count). The first-order valence-corrected chi connectivity index (χ1v) is 6.74. The van der Waals surface area contributed by atoms with E-state index >= 15 is 0 Å². The number of hydrogen-bond acceptors (Lipinski definition) is 3. The van der Waals surface area contributed by atoms with Gasteiger partial charge in [-0.2, -0.15) is 0 Å². The summed E-state index contributed by atoms with van der Waals surface area (Å²) in [5.41, 5.74) is 1.76. The summed E-state index contributed by atoms with van der Waals surface area (Å²) in [6.07, 6.45) is -1.54. The minimum atomic E-state index is -2.36. The minimum Gasteiger partial charge on any atom is -0.493 e. The molecule has 1 saturated heterocycles. The van der Waals surface area contributed by atoms with Crippen LogP contribution in [0.1, 0.15) is 17.2 Å². The first-order valence-electron chi connectivity index (χ1n) is 6.74. The van der Waals surface area contributed by atoms with Crippen molar-refractivity contribution in [3.63, 3.8) is 0 Å². The van der Waals surface area contributed by atoms with Crippen LogP contribution in [0.4, 0.5) is 8.78 Å². The third-order valence-corrected chi connectivity index (χ3v) is 3.84. The van der Waals surface area contributed by atoms with E-state index in [0.717, 1.165) is 30.8 Å². The quantitative estimate of drug-likeness (QED) is 0.905. The number of benzene rings is 1. The molecule has 0 saturated carbocycles. The third-order valence-electron chi connectivity index (χ3n) is 3.84. The number of piperazine rings is 1. The SMILES string of the molecule is FC(F)[C@@H](c1ccc2c(c1)CCO2)N1CCNCC1. The molecule has 1 N–H and O–H groups in total. The lowest BCUT2D eigenvalue weighted by Crippen LogP contribution is -2.46. The molecule has 104 valence electrons. The van der Waals surface area contributed by atoms with Gasteiger partial charge in [-0.05, 0) is 17.2 Å². The van der Waals surface area contributed by atoms with Gasteiger partial charge < -0.3 is 10.1 Å². The Morgan fingerprint density at radius 1 is 1.21 bits per heavy atom. The molecule has 1 aromatic carbocycles. The number of fused-ring (bicyclic) bond motifs is 1. The Labute approximate surface area is 111 Å². The summed E-state index contributed by atoms with van der Waals surface area (Å²) in [5.74, 6) is 0.845. The molecule has 2 aliphatic rings. The molecule has 0 aliphatic carbocycles. The summed E-state index contributed by atoms with van der Waals surface area (Å²) >= 11 is 0. The van der Waals surface area contributed by atoms with Crippen LogP contribution < -0.4 is 10.1 Å². The van der Waals surface area contributed by atoms with Gasteiger partial charge in [0.2, 0.25) is 0 Å². The molecule has 3 nitrogen and oxygen atoms in total. The topological polar surface area (TPSA) is 24.5 Å². The number of nitrogens with one attached hydrogen (secondary N) is 1. The largest absolute Gasteiger partial charge is 0.493 e. The average Bonchev–Trinajstić information content (AvgIpc) is 2.87. The van der Waals surface area contributed by atoms with Crippen molar-refractivity contribution in [1.29, 1.82) is 0 Å². The highest BCUT2D eigenvalue weighted by molar-refractivity contribution is 5.41. The van der Waals surface area contributed by atoms with Crippen molar-refractivity contribution in [2.45, 2.75) is 18.9 Å². The molecule has 1 aromatic rings. The average molecular weight is 268 g/mol. The van der Waals surface area contributed by atoms with Gasteiger partial charge in [0.25, 0.3) is 6.43 Å². The fourth-order valence-corrected chi connectivity index (χ4v) is 2.87. The van der Waals surface area contributed by atoms with Gasteiger partial charge in [0.05, 0.1) is 12.6 Å². The fourth-order valence-electron chi connectivity index (χ4n) is 2.87. The second-order valence-electron chi connectivity index (χ2n) is 5.03. The first-order chi connectivity index (χ1) is 9.25. The van der Waals surface area contributed by atoms with E-state index in [1.54, 1.807) is 6.07 Å². The Morgan fingerprint density at radius 3 is 2.74 bits per heavy atom. The summed E-state index contributed by atoms with van der Waals surface area (Å²) in [6.45, 7) is 3.55. The summed E-state index contributed by atoms with van der Waals surface area (Å²) in [6, 6.07) is 4.70. The second-order valence-corrected chi connectivity index (χ2v) is 5.03. The Hall–Kier alpha value is -1.20. The van der Waals surface area contributed by atoms with Gasteiger partial charge in [-0.3, -0.25) is 4.90 Å². The molecule has 5 heteroatoms. The predicted octanol–water partition coefficient (Wildman–Crippen LogP) is 1.83. The lowest BCUT2D eigenvalue weighted by atomic mass is 10.0. The summed E-state index contributed by atoms with van der Waals surface area (Å²) in [5, 5.41) is 3.20. The highest BCUT2D eigenvalue weighted by Crippen LogP contribution is 2.33. The third kappa shape index (κ3) is 2.58. The standard InChI is InChI=1S/C14H18F2N2O/c15-14(16)13(18-6-4-17-5-7-18)11-1-2-12-10(9-11)3-8-19-12/h1-2,9,13-14,17H,3-8H2/t13-/m1/s1. The van der Waals surface area contributed by atoms with E-state index in [1.165, 1.54) is 0 Å². The van der Waals surface area contributed by atoms with Crippen LogP contribution in [0.5, 0.6) is 5.75 Å². The Balaban J connectivity index is 1.87. The molecule has 2 heterocycles. The highest BCUT2D eigenvalue weighted by Gasteiger charge is 2.30. The molecule has 19 heavy (non-hydrogen) atoms. The van der Waals surface area contributed by atoms with E-state index < -0.39 is 12.5 Å². The van der Waals surface area contributed by atoms with E-state index in [2.05, 4.69) is 5.32 Å². The van der Waals surface area contributed by atoms with E-state index in [0.29, 0.717) is 25.3 Å². The number of hydrogen-bond donors (Lipinski definition) is 1. The minimum absolute atomic E-state index is 0.658. The second kappa shape index (κ2) is 5.43. The van der Waals surface area contributed by atoms with Crippen LogP contribution in [0.25, 0.3) is 0 Å². The molecule has 0 unspecified atom stereocenters. The highest BCUT2D eigenvalue weighted by atomic mass is 19.3. The van der Waals surface area contributed by atoms with Gasteiger partial charge in [0.1, 0.15) is 5.75 Å². The van der Waals surface area contributed by atoms with Crippen LogP contribution >= 0.6 is 0 Å². The molecule has 1 fully saturated rings. The van der Waals surface area contributed by atoms with Crippen molar-refractivity contribution in [2.75, 3.05) is 32.8 Å². The smallest absolute Gasteiger partial charge is 0.258 e. The van der Waals surface area contributed by atoms with Gasteiger partial charge in [0.15, 0.2) is 0 Å². The van der Waals surface area contributed by atoms with Crippen LogP contribution in [0, 0.1) is 0 Å². The maximum absolute atomic E-state index is 13.4. The van der Waals surface area contributed by atoms with Gasteiger partial charge in [-0.1, -0.05) is 12.1 Å². The molecular formula is C14H18F2N2O. The van der Waals surface area contributed by atoms with Crippen molar-refractivity contribution in [1.82, 2.24) is 10.2 Å². The number of rotatable bonds is 3. The molecular weight excluding hydrogens is 250 g/mol. The normalized spacial score (nSPS) is 21.2. The maximum atomic E-state index is 13.4. The van der Waals surface area contributed by atoms with Crippen LogP contribution in [-0.4, -0.2) is 44.1 Å². The zero-order valence-electron chi connectivity index (χ0n) is 10.7. The molecule has 0 radical (unpaired) electrons. The van der Waals surface area contributed by atoms with Crippen molar-refractivity contribution >= 4 is 0 Å². The van der Waals surface area contributed by atoms with Crippen molar-refractivity contribution in [3.05, 3.63) is 29.3 Å². The number of nitrogens with zero attached hydrogens (tertiary/aromatic N) is 1. The zero-order valence-corrected chi connectivity index (χ0v) is 10.7. The van der Waals surface area contributed by atoms with Crippen molar-refractivity contribution < 1.29 is 13.5 Å². The maximum Gasteiger partial charge on any atom is 0.258 e. The predicted molar refractivity (Wildman–Crippen MR) is 68.8 cm³/mol. The van der Waals surface area contributed by atoms with Crippen molar-refractivity contribution in [3.8, 4) is 5.75 Å². The summed E-state index contributed by atoms with van der Waals surface area (Å²) < 4.78 is 32.3. The Morgan fingerprint density at radius 2 is 2.00 bits per heavy atom. The number of alkyl halides is 2. The lowest BCUT2D eigenvalue weighted by Gasteiger charge is -2.34. The molecule has 0 bridgehead atoms. The molecule has 0 amide bonds. The van der Waals surface area contributed by atoms with E-state index in [1.807, 2.05) is 17.0 Å². The summed E-state index contributed by atoms with van der Waals surface area (Å²) in [4.78, 5) is 1.87. The van der Waals surface area contributed by atoms with E-state index in [4.69, 9.17) is 4.74 Å². The number of ether oxygens (including phenoxy) is 1. The molecule has 0 spiro atoms. The van der Waals surface area contributed by atoms with E-state index in [-0.39, 0.29) is 0 Å². The lowest BCUT2D eigenvalue weighted by molar-refractivity contribution is 0.0181. The van der Waals surface area contributed by atoms with Crippen LogP contribution in [0.15, 0.2) is 18.2 Å². The van der Waals surface area contributed by atoms with Crippen LogP contribution in [0.3, 0.4) is 0 Å². The van der Waals surface area contributed by atoms with Crippen molar-refractivity contribution in [2.24, 2.45) is 0 Å². The van der Waals surface area contributed by atoms with Crippen LogP contribution in [-0.2, 0) is 6.42 Å².